The van der Waals surface area contributed by atoms with E-state index in [2.05, 4.69) is 5.16 Å². The molecule has 19 heavy (non-hydrogen) atoms. The van der Waals surface area contributed by atoms with Gasteiger partial charge in [-0.2, -0.15) is 0 Å². The Morgan fingerprint density at radius 3 is 2.63 bits per heavy atom. The molecule has 0 aliphatic heterocycles. The second kappa shape index (κ2) is 5.45. The van der Waals surface area contributed by atoms with Crippen LogP contribution in [-0.4, -0.2) is 23.0 Å². The summed E-state index contributed by atoms with van der Waals surface area (Å²) < 4.78 is 5.02. The Hall–Kier alpha value is -1.81. The summed E-state index contributed by atoms with van der Waals surface area (Å²) in [5.74, 6) is 0.421. The molecule has 1 aromatic heterocycles. The van der Waals surface area contributed by atoms with Crippen LogP contribution in [0.2, 0.25) is 5.02 Å². The fourth-order valence-corrected chi connectivity index (χ4v) is 2.13. The molecule has 100 valence electrons. The fourth-order valence-electron chi connectivity index (χ4n) is 1.93. The van der Waals surface area contributed by atoms with E-state index in [0.29, 0.717) is 28.6 Å². The lowest BCUT2D eigenvalue weighted by atomic mass is 10.1. The highest BCUT2D eigenvalue weighted by Crippen LogP contribution is 2.19. The van der Waals surface area contributed by atoms with Gasteiger partial charge in [0.2, 0.25) is 0 Å². The maximum Gasteiger partial charge on any atom is 0.259 e. The lowest BCUT2D eigenvalue weighted by Gasteiger charge is -2.17. The minimum Gasteiger partial charge on any atom is -0.361 e. The quantitative estimate of drug-likeness (QED) is 0.866. The third-order valence-corrected chi connectivity index (χ3v) is 3.33. The lowest BCUT2D eigenvalue weighted by Crippen LogP contribution is -2.27. The summed E-state index contributed by atoms with van der Waals surface area (Å²) in [4.78, 5) is 14.0. The molecule has 0 aliphatic rings. The first kappa shape index (κ1) is 13.6. The largest absolute Gasteiger partial charge is 0.361 e. The molecule has 0 radical (unpaired) electrons. The van der Waals surface area contributed by atoms with Gasteiger partial charge in [-0.15, -0.1) is 0 Å². The summed E-state index contributed by atoms with van der Waals surface area (Å²) in [6.07, 6.45) is 0. The van der Waals surface area contributed by atoms with E-state index in [4.69, 9.17) is 16.1 Å². The van der Waals surface area contributed by atoms with Crippen LogP contribution < -0.4 is 0 Å². The van der Waals surface area contributed by atoms with Crippen LogP contribution in [0.25, 0.3) is 0 Å². The van der Waals surface area contributed by atoms with Crippen molar-refractivity contribution >= 4 is 17.5 Å². The first-order valence-electron chi connectivity index (χ1n) is 5.92. The third kappa shape index (κ3) is 2.79. The maximum absolute atomic E-state index is 12.3. The van der Waals surface area contributed by atoms with Crippen LogP contribution in [0.3, 0.4) is 0 Å². The summed E-state index contributed by atoms with van der Waals surface area (Å²) in [6, 6.07) is 7.47. The van der Waals surface area contributed by atoms with Crippen molar-refractivity contribution in [1.82, 2.24) is 10.1 Å². The third-order valence-electron chi connectivity index (χ3n) is 2.96. The van der Waals surface area contributed by atoms with Crippen molar-refractivity contribution in [3.63, 3.8) is 0 Å². The summed E-state index contributed by atoms with van der Waals surface area (Å²) >= 11 is 6.09. The van der Waals surface area contributed by atoms with Crippen LogP contribution in [0.15, 0.2) is 28.8 Å². The number of halogens is 1. The average Bonchev–Trinajstić information content (AvgIpc) is 2.71. The van der Waals surface area contributed by atoms with Crippen LogP contribution in [0.1, 0.15) is 27.4 Å². The van der Waals surface area contributed by atoms with Gasteiger partial charge in [-0.3, -0.25) is 4.79 Å². The normalized spacial score (nSPS) is 10.5. The van der Waals surface area contributed by atoms with Crippen molar-refractivity contribution in [3.05, 3.63) is 51.9 Å². The van der Waals surface area contributed by atoms with E-state index in [1.807, 2.05) is 24.3 Å². The Bertz CT molecular complexity index is 588. The van der Waals surface area contributed by atoms with Gasteiger partial charge in [0.25, 0.3) is 5.91 Å². The zero-order valence-corrected chi connectivity index (χ0v) is 11.9. The van der Waals surface area contributed by atoms with Gasteiger partial charge in [-0.25, -0.2) is 0 Å². The van der Waals surface area contributed by atoms with Gasteiger partial charge in [0.15, 0.2) is 0 Å². The summed E-state index contributed by atoms with van der Waals surface area (Å²) in [6.45, 7) is 3.94. The Morgan fingerprint density at radius 1 is 1.37 bits per heavy atom. The molecule has 0 unspecified atom stereocenters. The molecule has 2 aromatic rings. The number of aryl methyl sites for hydroxylation is 2. The molecule has 0 saturated heterocycles. The van der Waals surface area contributed by atoms with Crippen LogP contribution in [0, 0.1) is 13.8 Å². The molecule has 0 saturated carbocycles. The molecule has 0 spiro atoms. The van der Waals surface area contributed by atoms with Gasteiger partial charge in [0, 0.05) is 18.6 Å². The van der Waals surface area contributed by atoms with E-state index in [1.54, 1.807) is 25.8 Å². The standard InChI is InChI=1S/C14H15ClN2O2/c1-9-13(10(2)19-16-9)14(18)17(3)8-11-6-4-5-7-12(11)15/h4-7H,8H2,1-3H3. The minimum absolute atomic E-state index is 0.115. The molecule has 2 rings (SSSR count). The van der Waals surface area contributed by atoms with Crippen molar-refractivity contribution in [2.75, 3.05) is 7.05 Å². The lowest BCUT2D eigenvalue weighted by molar-refractivity contribution is 0.0783. The first-order valence-corrected chi connectivity index (χ1v) is 6.30. The molecule has 0 atom stereocenters. The van der Waals surface area contributed by atoms with E-state index in [0.717, 1.165) is 5.56 Å². The predicted molar refractivity (Wildman–Crippen MR) is 73.2 cm³/mol. The molecule has 0 fully saturated rings. The van der Waals surface area contributed by atoms with Crippen LogP contribution in [0.4, 0.5) is 0 Å². The SMILES string of the molecule is Cc1noc(C)c1C(=O)N(C)Cc1ccccc1Cl. The molecule has 0 aliphatic carbocycles. The number of carbonyl (C=O) groups is 1. The van der Waals surface area contributed by atoms with Crippen LogP contribution in [0.5, 0.6) is 0 Å². The Balaban J connectivity index is 2.19. The first-order chi connectivity index (χ1) is 9.00. The number of hydrogen-bond acceptors (Lipinski definition) is 3. The molecular formula is C14H15ClN2O2. The smallest absolute Gasteiger partial charge is 0.259 e. The topological polar surface area (TPSA) is 46.3 Å². The number of benzene rings is 1. The summed E-state index contributed by atoms with van der Waals surface area (Å²) in [5, 5.41) is 4.45. The predicted octanol–water partition coefficient (Wildman–Crippen LogP) is 3.22. The highest BCUT2D eigenvalue weighted by molar-refractivity contribution is 6.31. The van der Waals surface area contributed by atoms with Gasteiger partial charge >= 0.3 is 0 Å². The van der Waals surface area contributed by atoms with Crippen molar-refractivity contribution in [2.24, 2.45) is 0 Å². The number of rotatable bonds is 3. The second-order valence-electron chi connectivity index (χ2n) is 4.45. The van der Waals surface area contributed by atoms with E-state index in [-0.39, 0.29) is 5.91 Å². The van der Waals surface area contributed by atoms with Crippen LogP contribution >= 0.6 is 11.6 Å². The second-order valence-corrected chi connectivity index (χ2v) is 4.86. The van der Waals surface area contributed by atoms with Gasteiger partial charge in [0.1, 0.15) is 11.3 Å². The molecule has 1 aromatic carbocycles. The molecule has 1 amide bonds. The molecule has 0 N–H and O–H groups in total. The Kier molecular flexibility index (Phi) is 3.90. The highest BCUT2D eigenvalue weighted by atomic mass is 35.5. The maximum atomic E-state index is 12.3. The fraction of sp³-hybridized carbons (Fsp3) is 0.286. The molecule has 5 heteroatoms. The van der Waals surface area contributed by atoms with Gasteiger partial charge in [-0.1, -0.05) is 35.0 Å². The number of aromatic nitrogens is 1. The zero-order valence-electron chi connectivity index (χ0n) is 11.1. The molecule has 4 nitrogen and oxygen atoms in total. The highest BCUT2D eigenvalue weighted by Gasteiger charge is 2.21. The zero-order chi connectivity index (χ0) is 14.0. The molecule has 0 bridgehead atoms. The van der Waals surface area contributed by atoms with Crippen molar-refractivity contribution in [1.29, 1.82) is 0 Å². The molecular weight excluding hydrogens is 264 g/mol. The summed E-state index contributed by atoms with van der Waals surface area (Å²) in [7, 11) is 1.73. The van der Waals surface area contributed by atoms with Gasteiger partial charge < -0.3 is 9.42 Å². The van der Waals surface area contributed by atoms with Crippen molar-refractivity contribution in [2.45, 2.75) is 20.4 Å². The van der Waals surface area contributed by atoms with E-state index in [1.165, 1.54) is 0 Å². The Morgan fingerprint density at radius 2 is 2.05 bits per heavy atom. The number of hydrogen-bond donors (Lipinski definition) is 0. The van der Waals surface area contributed by atoms with Gasteiger partial charge in [-0.05, 0) is 25.5 Å². The van der Waals surface area contributed by atoms with E-state index in [9.17, 15) is 4.79 Å². The Labute approximate surface area is 117 Å². The minimum atomic E-state index is -0.115. The molecule has 1 heterocycles. The average molecular weight is 279 g/mol. The number of carbonyl (C=O) groups excluding carboxylic acids is 1. The van der Waals surface area contributed by atoms with E-state index < -0.39 is 0 Å². The summed E-state index contributed by atoms with van der Waals surface area (Å²) in [5.41, 5.74) is 2.04. The number of amides is 1. The number of nitrogens with zero attached hydrogens (tertiary/aromatic N) is 2. The van der Waals surface area contributed by atoms with Crippen molar-refractivity contribution in [3.8, 4) is 0 Å². The van der Waals surface area contributed by atoms with Crippen LogP contribution in [-0.2, 0) is 6.54 Å². The van der Waals surface area contributed by atoms with Gasteiger partial charge in [0.05, 0.1) is 5.69 Å². The van der Waals surface area contributed by atoms with Crippen molar-refractivity contribution < 1.29 is 9.32 Å². The van der Waals surface area contributed by atoms with E-state index >= 15 is 0 Å². The monoisotopic (exact) mass is 278 g/mol.